The van der Waals surface area contributed by atoms with Crippen molar-refractivity contribution in [2.24, 2.45) is 7.05 Å². The molecule has 136 valence electrons. The van der Waals surface area contributed by atoms with Gasteiger partial charge >= 0.3 is 0 Å². The number of fused-ring (bicyclic) bond motifs is 2. The number of rotatable bonds is 2. The monoisotopic (exact) mass is 368 g/mol. The molecule has 7 heteroatoms. The number of aryl methyl sites for hydroxylation is 1. The summed E-state index contributed by atoms with van der Waals surface area (Å²) in [5.41, 5.74) is 5.28. The van der Waals surface area contributed by atoms with E-state index in [2.05, 4.69) is 27.0 Å². The van der Waals surface area contributed by atoms with Crippen LogP contribution in [0.15, 0.2) is 61.4 Å². The second kappa shape index (κ2) is 6.28. The molecule has 0 radical (unpaired) electrons. The van der Waals surface area contributed by atoms with Crippen LogP contribution in [-0.2, 0) is 7.05 Å². The summed E-state index contributed by atoms with van der Waals surface area (Å²) in [6.45, 7) is 0. The first-order valence-electron chi connectivity index (χ1n) is 8.71. The van der Waals surface area contributed by atoms with Crippen LogP contribution in [0.1, 0.15) is 11.3 Å². The molecule has 0 atom stereocenters. The maximum atomic E-state index is 5.63. The van der Waals surface area contributed by atoms with E-state index in [-0.39, 0.29) is 0 Å². The summed E-state index contributed by atoms with van der Waals surface area (Å²) >= 11 is 0. The molecule has 5 aromatic heterocycles. The van der Waals surface area contributed by atoms with Crippen molar-refractivity contribution < 1.29 is 4.74 Å². The van der Waals surface area contributed by atoms with Gasteiger partial charge in [-0.05, 0) is 24.1 Å². The Balaban J connectivity index is 1.62. The van der Waals surface area contributed by atoms with E-state index in [0.717, 1.165) is 33.5 Å². The van der Waals surface area contributed by atoms with Crippen molar-refractivity contribution in [1.82, 2.24) is 28.8 Å². The second-order valence-corrected chi connectivity index (χ2v) is 6.37. The minimum absolute atomic E-state index is 0.710. The molecular formula is C21H16N6O. The molecule has 0 saturated carbocycles. The first kappa shape index (κ1) is 16.1. The molecule has 0 aliphatic rings. The fourth-order valence-electron chi connectivity index (χ4n) is 3.22. The van der Waals surface area contributed by atoms with Crippen LogP contribution < -0.4 is 4.74 Å². The molecule has 0 aliphatic heterocycles. The lowest BCUT2D eigenvalue weighted by molar-refractivity contribution is 0.417. The summed E-state index contributed by atoms with van der Waals surface area (Å²) in [5, 5.41) is 8.70. The minimum atomic E-state index is 0.710. The van der Waals surface area contributed by atoms with E-state index in [1.54, 1.807) is 28.7 Å². The van der Waals surface area contributed by atoms with Gasteiger partial charge < -0.3 is 4.74 Å². The second-order valence-electron chi connectivity index (χ2n) is 6.37. The summed E-state index contributed by atoms with van der Waals surface area (Å²) in [5.74, 6) is 7.11. The summed E-state index contributed by atoms with van der Waals surface area (Å²) in [4.78, 5) is 4.37. The molecular weight excluding hydrogens is 352 g/mol. The van der Waals surface area contributed by atoms with Crippen LogP contribution in [0.25, 0.3) is 22.3 Å². The highest BCUT2D eigenvalue weighted by Gasteiger charge is 2.12. The first-order valence-corrected chi connectivity index (χ1v) is 8.71. The molecule has 0 bridgehead atoms. The number of nitrogens with zero attached hydrogens (tertiary/aromatic N) is 6. The molecule has 7 nitrogen and oxygen atoms in total. The Labute approximate surface area is 160 Å². The smallest absolute Gasteiger partial charge is 0.146 e. The van der Waals surface area contributed by atoms with Crippen LogP contribution in [0.2, 0.25) is 0 Å². The zero-order valence-electron chi connectivity index (χ0n) is 15.4. The molecule has 5 heterocycles. The quantitative estimate of drug-likeness (QED) is 0.450. The van der Waals surface area contributed by atoms with Gasteiger partial charge in [0.15, 0.2) is 0 Å². The van der Waals surface area contributed by atoms with Crippen LogP contribution in [0.5, 0.6) is 5.75 Å². The third-order valence-corrected chi connectivity index (χ3v) is 4.58. The van der Waals surface area contributed by atoms with E-state index in [1.807, 2.05) is 60.5 Å². The first-order chi connectivity index (χ1) is 13.7. The molecule has 28 heavy (non-hydrogen) atoms. The zero-order chi connectivity index (χ0) is 19.1. The Kier molecular flexibility index (Phi) is 3.62. The Bertz CT molecular complexity index is 1380. The highest BCUT2D eigenvalue weighted by Crippen LogP contribution is 2.29. The normalized spacial score (nSPS) is 10.9. The van der Waals surface area contributed by atoms with Gasteiger partial charge in [-0.3, -0.25) is 9.08 Å². The van der Waals surface area contributed by atoms with E-state index >= 15 is 0 Å². The summed E-state index contributed by atoms with van der Waals surface area (Å²) in [6, 6.07) is 7.84. The fraction of sp³-hybridized carbons (Fsp3) is 0.0952. The molecule has 5 aromatic rings. The van der Waals surface area contributed by atoms with Gasteiger partial charge in [0.1, 0.15) is 22.6 Å². The Hall–Kier alpha value is -4.05. The lowest BCUT2D eigenvalue weighted by atomic mass is 10.1. The molecule has 0 amide bonds. The van der Waals surface area contributed by atoms with E-state index in [9.17, 15) is 0 Å². The predicted octanol–water partition coefficient (Wildman–Crippen LogP) is 2.79. The van der Waals surface area contributed by atoms with Gasteiger partial charge in [0.25, 0.3) is 0 Å². The van der Waals surface area contributed by atoms with Gasteiger partial charge in [-0.2, -0.15) is 10.2 Å². The van der Waals surface area contributed by atoms with E-state index in [1.165, 1.54) is 0 Å². The number of ether oxygens (including phenoxy) is 1. The van der Waals surface area contributed by atoms with Crippen LogP contribution in [0, 0.1) is 11.8 Å². The van der Waals surface area contributed by atoms with Crippen molar-refractivity contribution >= 4 is 11.2 Å². The molecule has 5 rings (SSSR count). The topological polar surface area (TPSA) is 61.7 Å². The van der Waals surface area contributed by atoms with Crippen LogP contribution in [0.3, 0.4) is 0 Å². The number of imidazole rings is 1. The lowest BCUT2D eigenvalue weighted by Crippen LogP contribution is -1.94. The molecule has 0 aromatic carbocycles. The number of hydrogen-bond donors (Lipinski definition) is 0. The Morgan fingerprint density at radius 3 is 2.75 bits per heavy atom. The fourth-order valence-corrected chi connectivity index (χ4v) is 3.22. The number of methoxy groups -OCH3 is 1. The van der Waals surface area contributed by atoms with Gasteiger partial charge in [-0.1, -0.05) is 12.0 Å². The van der Waals surface area contributed by atoms with Gasteiger partial charge in [0.2, 0.25) is 0 Å². The largest absolute Gasteiger partial charge is 0.494 e. The molecule has 0 fully saturated rings. The highest BCUT2D eigenvalue weighted by molar-refractivity contribution is 5.75. The number of aromatic nitrogens is 6. The average Bonchev–Trinajstić information content (AvgIpc) is 3.44. The third-order valence-electron chi connectivity index (χ3n) is 4.58. The minimum Gasteiger partial charge on any atom is -0.494 e. The van der Waals surface area contributed by atoms with Gasteiger partial charge in [0, 0.05) is 36.8 Å². The number of hydrogen-bond acceptors (Lipinski definition) is 4. The molecule has 0 spiro atoms. The van der Waals surface area contributed by atoms with E-state index in [4.69, 9.17) is 4.74 Å². The standard InChI is InChI=1S/C21H16N6O/c1-25-13-17(11-23-25)16-9-19(28-2)21-15(10-24-27(21)14-16)6-7-18-12-22-20-5-3-4-8-26(18)20/h3-5,8-14H,1-2H3. The molecule has 0 aliphatic carbocycles. The number of pyridine rings is 2. The van der Waals surface area contributed by atoms with Gasteiger partial charge in [-0.15, -0.1) is 0 Å². The highest BCUT2D eigenvalue weighted by atomic mass is 16.5. The summed E-state index contributed by atoms with van der Waals surface area (Å²) in [7, 11) is 3.54. The van der Waals surface area contributed by atoms with Crippen molar-refractivity contribution in [2.75, 3.05) is 7.11 Å². The van der Waals surface area contributed by atoms with E-state index < -0.39 is 0 Å². The zero-order valence-corrected chi connectivity index (χ0v) is 15.4. The molecule has 0 saturated heterocycles. The summed E-state index contributed by atoms with van der Waals surface area (Å²) < 4.78 is 11.1. The maximum Gasteiger partial charge on any atom is 0.146 e. The maximum absolute atomic E-state index is 5.63. The van der Waals surface area contributed by atoms with Gasteiger partial charge in [-0.25, -0.2) is 9.50 Å². The Morgan fingerprint density at radius 1 is 1.00 bits per heavy atom. The van der Waals surface area contributed by atoms with Crippen molar-refractivity contribution in [1.29, 1.82) is 0 Å². The third kappa shape index (κ3) is 2.59. The predicted molar refractivity (Wildman–Crippen MR) is 105 cm³/mol. The van der Waals surface area contributed by atoms with Crippen LogP contribution in [-0.4, -0.2) is 35.9 Å². The van der Waals surface area contributed by atoms with Gasteiger partial charge in [0.05, 0.1) is 31.3 Å². The average molecular weight is 368 g/mol. The SMILES string of the molecule is COc1cc(-c2cnn(C)c2)cn2ncc(C#Cc3cnc4ccccn34)c12. The van der Waals surface area contributed by atoms with Crippen molar-refractivity contribution in [3.05, 3.63) is 72.7 Å². The molecule has 0 unspecified atom stereocenters. The molecule has 0 N–H and O–H groups in total. The van der Waals surface area contributed by atoms with Crippen LogP contribution >= 0.6 is 0 Å². The summed E-state index contributed by atoms with van der Waals surface area (Å²) in [6.07, 6.45) is 11.2. The van der Waals surface area contributed by atoms with E-state index in [0.29, 0.717) is 5.75 Å². The lowest BCUT2D eigenvalue weighted by Gasteiger charge is -2.06. The van der Waals surface area contributed by atoms with Crippen molar-refractivity contribution in [2.45, 2.75) is 0 Å². The van der Waals surface area contributed by atoms with Crippen molar-refractivity contribution in [3.8, 4) is 28.7 Å². The van der Waals surface area contributed by atoms with Crippen LogP contribution in [0.4, 0.5) is 0 Å². The van der Waals surface area contributed by atoms with Crippen molar-refractivity contribution in [3.63, 3.8) is 0 Å². The Morgan fingerprint density at radius 2 is 1.93 bits per heavy atom.